The molecule has 0 amide bonds. The first kappa shape index (κ1) is 19.6. The molecule has 4 nitrogen and oxygen atoms in total. The van der Waals surface area contributed by atoms with E-state index in [0.29, 0.717) is 4.90 Å². The monoisotopic (exact) mass is 360 g/mol. The maximum atomic E-state index is 11.6. The molecule has 0 heterocycles. The topological polar surface area (TPSA) is 40.6 Å². The molecular formula is C20H28N2O2S. The van der Waals surface area contributed by atoms with Gasteiger partial charge in [-0.3, -0.25) is 4.90 Å². The van der Waals surface area contributed by atoms with Crippen LogP contribution in [0.1, 0.15) is 16.7 Å². The summed E-state index contributed by atoms with van der Waals surface area (Å²) in [5, 5.41) is 0. The number of aryl methyl sites for hydroxylation is 1. The summed E-state index contributed by atoms with van der Waals surface area (Å²) >= 11 is 0. The van der Waals surface area contributed by atoms with Gasteiger partial charge in [0.2, 0.25) is 0 Å². The second kappa shape index (κ2) is 8.61. The minimum Gasteiger partial charge on any atom is -0.308 e. The van der Waals surface area contributed by atoms with Crippen LogP contribution in [0.4, 0.5) is 0 Å². The summed E-state index contributed by atoms with van der Waals surface area (Å²) in [5.74, 6) is 0. The number of likely N-dealkylation sites (N-methyl/N-ethyl adjacent to an activating group) is 1. The van der Waals surface area contributed by atoms with Gasteiger partial charge in [0.25, 0.3) is 0 Å². The van der Waals surface area contributed by atoms with Crippen molar-refractivity contribution in [2.45, 2.75) is 24.9 Å². The molecule has 0 fully saturated rings. The lowest BCUT2D eigenvalue weighted by atomic mass is 10.1. The number of rotatable bonds is 8. The summed E-state index contributed by atoms with van der Waals surface area (Å²) in [6.07, 6.45) is 1.24. The molecule has 0 bridgehead atoms. The molecule has 25 heavy (non-hydrogen) atoms. The highest BCUT2D eigenvalue weighted by Crippen LogP contribution is 2.15. The van der Waals surface area contributed by atoms with Gasteiger partial charge in [0.15, 0.2) is 9.84 Å². The van der Waals surface area contributed by atoms with Gasteiger partial charge in [-0.25, -0.2) is 8.42 Å². The molecule has 0 aliphatic heterocycles. The number of hydrogen-bond donors (Lipinski definition) is 0. The van der Waals surface area contributed by atoms with Gasteiger partial charge in [-0.15, -0.1) is 0 Å². The van der Waals surface area contributed by atoms with E-state index in [9.17, 15) is 8.42 Å². The predicted molar refractivity (Wildman–Crippen MR) is 103 cm³/mol. The SMILES string of the molecule is Cc1ccccc1CN(CCN(C)C)Cc1ccc(S(C)(=O)=O)cc1. The van der Waals surface area contributed by atoms with Crippen LogP contribution in [0.3, 0.4) is 0 Å². The first-order valence-corrected chi connectivity index (χ1v) is 10.4. The highest BCUT2D eigenvalue weighted by molar-refractivity contribution is 7.90. The molecular weight excluding hydrogens is 332 g/mol. The van der Waals surface area contributed by atoms with Crippen LogP contribution in [0.25, 0.3) is 0 Å². The van der Waals surface area contributed by atoms with Gasteiger partial charge in [-0.05, 0) is 49.8 Å². The Bertz CT molecular complexity index is 784. The molecule has 2 rings (SSSR count). The fraction of sp³-hybridized carbons (Fsp3) is 0.400. The Hall–Kier alpha value is -1.69. The third-order valence-electron chi connectivity index (χ3n) is 4.28. The lowest BCUT2D eigenvalue weighted by Crippen LogP contribution is -2.31. The van der Waals surface area contributed by atoms with Crippen molar-refractivity contribution in [2.75, 3.05) is 33.4 Å². The van der Waals surface area contributed by atoms with Crippen molar-refractivity contribution in [3.8, 4) is 0 Å². The van der Waals surface area contributed by atoms with Crippen molar-refractivity contribution >= 4 is 9.84 Å². The van der Waals surface area contributed by atoms with E-state index >= 15 is 0 Å². The van der Waals surface area contributed by atoms with Crippen LogP contribution < -0.4 is 0 Å². The van der Waals surface area contributed by atoms with Gasteiger partial charge >= 0.3 is 0 Å². The van der Waals surface area contributed by atoms with Gasteiger partial charge in [-0.2, -0.15) is 0 Å². The molecule has 0 atom stereocenters. The average Bonchev–Trinajstić information content (AvgIpc) is 2.54. The van der Waals surface area contributed by atoms with Crippen LogP contribution in [-0.2, 0) is 22.9 Å². The molecule has 0 radical (unpaired) electrons. The fourth-order valence-electron chi connectivity index (χ4n) is 2.68. The summed E-state index contributed by atoms with van der Waals surface area (Å²) in [4.78, 5) is 4.95. The van der Waals surface area contributed by atoms with Crippen molar-refractivity contribution in [2.24, 2.45) is 0 Å². The second-order valence-corrected chi connectivity index (χ2v) is 8.87. The zero-order valence-corrected chi connectivity index (χ0v) is 16.4. The van der Waals surface area contributed by atoms with Crippen molar-refractivity contribution in [3.05, 3.63) is 65.2 Å². The largest absolute Gasteiger partial charge is 0.308 e. The van der Waals surface area contributed by atoms with Crippen LogP contribution in [0.2, 0.25) is 0 Å². The van der Waals surface area contributed by atoms with Crippen molar-refractivity contribution < 1.29 is 8.42 Å². The highest BCUT2D eigenvalue weighted by atomic mass is 32.2. The quantitative estimate of drug-likeness (QED) is 0.726. The molecule has 0 aliphatic rings. The Kier molecular flexibility index (Phi) is 6.76. The molecule has 0 spiro atoms. The standard InChI is InChI=1S/C20H28N2O2S/c1-17-7-5-6-8-19(17)16-22(14-13-21(2)3)15-18-9-11-20(12-10-18)25(4,23)24/h5-12H,13-16H2,1-4H3. The molecule has 0 aromatic heterocycles. The smallest absolute Gasteiger partial charge is 0.175 e. The van der Waals surface area contributed by atoms with Gasteiger partial charge in [-0.1, -0.05) is 36.4 Å². The normalized spacial score (nSPS) is 12.1. The first-order valence-electron chi connectivity index (χ1n) is 8.46. The summed E-state index contributed by atoms with van der Waals surface area (Å²) in [7, 11) is 1.01. The number of sulfone groups is 1. The van der Waals surface area contributed by atoms with Gasteiger partial charge in [0.05, 0.1) is 4.90 Å². The lowest BCUT2D eigenvalue weighted by Gasteiger charge is -2.25. The van der Waals surface area contributed by atoms with E-state index in [2.05, 4.69) is 55.1 Å². The van der Waals surface area contributed by atoms with Gasteiger partial charge < -0.3 is 4.90 Å². The van der Waals surface area contributed by atoms with Crippen molar-refractivity contribution in [1.82, 2.24) is 9.80 Å². The molecule has 5 heteroatoms. The van der Waals surface area contributed by atoms with E-state index in [1.807, 2.05) is 12.1 Å². The predicted octanol–water partition coefficient (Wildman–Crippen LogP) is 2.96. The van der Waals surface area contributed by atoms with Crippen molar-refractivity contribution in [3.63, 3.8) is 0 Å². The van der Waals surface area contributed by atoms with Crippen LogP contribution in [-0.4, -0.2) is 51.7 Å². The zero-order chi connectivity index (χ0) is 18.4. The Morgan fingerprint density at radius 3 is 2.08 bits per heavy atom. The molecule has 0 saturated heterocycles. The van der Waals surface area contributed by atoms with Crippen LogP contribution in [0, 0.1) is 6.92 Å². The molecule has 2 aromatic carbocycles. The van der Waals surface area contributed by atoms with Gasteiger partial charge in [0.1, 0.15) is 0 Å². The Morgan fingerprint density at radius 1 is 0.880 bits per heavy atom. The average molecular weight is 361 g/mol. The Morgan fingerprint density at radius 2 is 1.52 bits per heavy atom. The summed E-state index contributed by atoms with van der Waals surface area (Å²) in [6.45, 7) is 5.75. The molecule has 0 N–H and O–H groups in total. The maximum Gasteiger partial charge on any atom is 0.175 e. The number of nitrogens with zero attached hydrogens (tertiary/aromatic N) is 2. The molecule has 0 unspecified atom stereocenters. The number of hydrogen-bond acceptors (Lipinski definition) is 4. The first-order chi connectivity index (χ1) is 11.8. The van der Waals surface area contributed by atoms with E-state index in [-0.39, 0.29) is 0 Å². The van der Waals surface area contributed by atoms with E-state index in [0.717, 1.165) is 31.7 Å². The third kappa shape index (κ3) is 6.27. The molecule has 2 aromatic rings. The summed E-state index contributed by atoms with van der Waals surface area (Å²) < 4.78 is 23.2. The fourth-order valence-corrected chi connectivity index (χ4v) is 3.31. The van der Waals surface area contributed by atoms with E-state index in [4.69, 9.17) is 0 Å². The van der Waals surface area contributed by atoms with Crippen LogP contribution in [0.5, 0.6) is 0 Å². The van der Waals surface area contributed by atoms with Crippen LogP contribution in [0.15, 0.2) is 53.4 Å². The molecule has 136 valence electrons. The lowest BCUT2D eigenvalue weighted by molar-refractivity contribution is 0.226. The Balaban J connectivity index is 2.14. The van der Waals surface area contributed by atoms with Gasteiger partial charge in [0, 0.05) is 32.4 Å². The molecule has 0 aliphatic carbocycles. The second-order valence-electron chi connectivity index (χ2n) is 6.86. The van der Waals surface area contributed by atoms with Crippen molar-refractivity contribution in [1.29, 1.82) is 0 Å². The van der Waals surface area contributed by atoms with E-state index < -0.39 is 9.84 Å². The maximum absolute atomic E-state index is 11.6. The zero-order valence-electron chi connectivity index (χ0n) is 15.6. The number of benzene rings is 2. The molecule has 0 saturated carbocycles. The minimum absolute atomic E-state index is 0.370. The van der Waals surface area contributed by atoms with Crippen LogP contribution >= 0.6 is 0 Å². The minimum atomic E-state index is -3.14. The third-order valence-corrected chi connectivity index (χ3v) is 5.40. The Labute approximate surface area is 152 Å². The summed E-state index contributed by atoms with van der Waals surface area (Å²) in [5.41, 5.74) is 3.75. The van der Waals surface area contributed by atoms with E-state index in [1.54, 1.807) is 12.1 Å². The summed E-state index contributed by atoms with van der Waals surface area (Å²) in [6, 6.07) is 15.7. The van der Waals surface area contributed by atoms with E-state index in [1.165, 1.54) is 17.4 Å². The highest BCUT2D eigenvalue weighted by Gasteiger charge is 2.11.